The molecule has 0 aliphatic carbocycles. The Labute approximate surface area is 171 Å². The van der Waals surface area contributed by atoms with Gasteiger partial charge in [-0.05, 0) is 17.5 Å². The third-order valence-electron chi connectivity index (χ3n) is 4.38. The van der Waals surface area contributed by atoms with E-state index in [0.29, 0.717) is 13.1 Å². The van der Waals surface area contributed by atoms with Gasteiger partial charge in [0, 0.05) is 32.6 Å². The number of nitrogens with one attached hydrogen (secondary N) is 3. The summed E-state index contributed by atoms with van der Waals surface area (Å²) in [6.45, 7) is 1.29. The largest absolute Gasteiger partial charge is 0.354 e. The van der Waals surface area contributed by atoms with Crippen LogP contribution in [0.2, 0.25) is 0 Å². The molecule has 5 N–H and O–H groups in total. The lowest BCUT2D eigenvalue weighted by Crippen LogP contribution is -2.43. The molecule has 0 heterocycles. The van der Waals surface area contributed by atoms with Crippen molar-refractivity contribution >= 4 is 17.7 Å². The molecule has 0 saturated heterocycles. The van der Waals surface area contributed by atoms with Gasteiger partial charge >= 0.3 is 0 Å². The predicted octanol–water partition coefficient (Wildman–Crippen LogP) is 1.09. The van der Waals surface area contributed by atoms with Gasteiger partial charge in [0.15, 0.2) is 0 Å². The normalized spacial score (nSPS) is 11.3. The molecule has 7 nitrogen and oxygen atoms in total. The molecule has 154 valence electrons. The van der Waals surface area contributed by atoms with Crippen molar-refractivity contribution < 1.29 is 14.4 Å². The second-order valence-corrected chi connectivity index (χ2v) is 6.64. The van der Waals surface area contributed by atoms with Crippen LogP contribution in [0.3, 0.4) is 0 Å². The van der Waals surface area contributed by atoms with Crippen LogP contribution in [0, 0.1) is 5.92 Å². The number of nitrogens with two attached hydrogens (primary N) is 1. The number of hydrogen-bond donors (Lipinski definition) is 4. The van der Waals surface area contributed by atoms with Crippen molar-refractivity contribution in [2.24, 2.45) is 11.7 Å². The number of hydrogen-bond acceptors (Lipinski definition) is 4. The van der Waals surface area contributed by atoms with E-state index in [9.17, 15) is 14.4 Å². The minimum Gasteiger partial charge on any atom is -0.354 e. The molecule has 0 fully saturated rings. The lowest BCUT2D eigenvalue weighted by molar-refractivity contribution is -0.135. The van der Waals surface area contributed by atoms with E-state index in [0.717, 1.165) is 11.1 Å². The third-order valence-corrected chi connectivity index (χ3v) is 4.38. The second kappa shape index (κ2) is 12.3. The van der Waals surface area contributed by atoms with Crippen LogP contribution in [0.15, 0.2) is 60.7 Å². The van der Waals surface area contributed by atoms with Crippen molar-refractivity contribution in [3.8, 4) is 0 Å². The maximum Gasteiger partial charge on any atom is 0.232 e. The van der Waals surface area contributed by atoms with E-state index in [-0.39, 0.29) is 31.8 Å². The number of carbonyl (C=O) groups excluding carboxylic acids is 3. The molecule has 2 rings (SSSR count). The summed E-state index contributed by atoms with van der Waals surface area (Å²) in [5, 5.41) is 8.22. The fourth-order valence-corrected chi connectivity index (χ4v) is 2.77. The smallest absolute Gasteiger partial charge is 0.232 e. The summed E-state index contributed by atoms with van der Waals surface area (Å²) in [6, 6.07) is 19.0. The zero-order valence-corrected chi connectivity index (χ0v) is 16.4. The summed E-state index contributed by atoms with van der Waals surface area (Å²) in [5.41, 5.74) is 7.34. The van der Waals surface area contributed by atoms with Crippen LogP contribution in [0.1, 0.15) is 24.0 Å². The predicted molar refractivity (Wildman–Crippen MR) is 111 cm³/mol. The quantitative estimate of drug-likeness (QED) is 0.426. The fourth-order valence-electron chi connectivity index (χ4n) is 2.77. The minimum absolute atomic E-state index is 0.0757. The van der Waals surface area contributed by atoms with Crippen LogP contribution in [0.5, 0.6) is 0 Å². The Morgan fingerprint density at radius 3 is 1.83 bits per heavy atom. The summed E-state index contributed by atoms with van der Waals surface area (Å²) in [7, 11) is 0. The van der Waals surface area contributed by atoms with Gasteiger partial charge < -0.3 is 21.7 Å². The first-order valence-electron chi connectivity index (χ1n) is 9.70. The van der Waals surface area contributed by atoms with E-state index in [1.807, 2.05) is 60.7 Å². The average molecular weight is 396 g/mol. The summed E-state index contributed by atoms with van der Waals surface area (Å²) in [5.74, 6) is -1.98. The van der Waals surface area contributed by atoms with Crippen molar-refractivity contribution in [1.82, 2.24) is 16.0 Å². The lowest BCUT2D eigenvalue weighted by atomic mass is 10.0. The van der Waals surface area contributed by atoms with E-state index < -0.39 is 17.7 Å². The molecule has 29 heavy (non-hydrogen) atoms. The van der Waals surface area contributed by atoms with Crippen molar-refractivity contribution in [3.63, 3.8) is 0 Å². The molecule has 0 bridgehead atoms. The Bertz CT molecular complexity index is 781. The van der Waals surface area contributed by atoms with Gasteiger partial charge in [-0.3, -0.25) is 14.4 Å². The molecule has 0 spiro atoms. The summed E-state index contributed by atoms with van der Waals surface area (Å²) < 4.78 is 0. The summed E-state index contributed by atoms with van der Waals surface area (Å²) in [6.07, 6.45) is 0.198. The highest BCUT2D eigenvalue weighted by atomic mass is 16.2. The first kappa shape index (κ1) is 22.1. The van der Waals surface area contributed by atoms with Crippen molar-refractivity contribution in [3.05, 3.63) is 71.8 Å². The van der Waals surface area contributed by atoms with Gasteiger partial charge in [-0.15, -0.1) is 0 Å². The van der Waals surface area contributed by atoms with Crippen LogP contribution in [-0.4, -0.2) is 30.8 Å². The van der Waals surface area contributed by atoms with Crippen LogP contribution >= 0.6 is 0 Å². The highest BCUT2D eigenvalue weighted by Crippen LogP contribution is 2.09. The maximum atomic E-state index is 12.6. The van der Waals surface area contributed by atoms with Crippen molar-refractivity contribution in [2.45, 2.75) is 25.9 Å². The molecule has 7 heteroatoms. The standard InChI is InChI=1S/C22H28N4O3/c23-13-14-24-21(28)19(22(29)26-16-18-9-5-2-6-10-18)11-12-20(27)25-15-17-7-3-1-4-8-17/h1-10,19H,11-16,23H2,(H,24,28)(H,25,27)(H,26,29). The molecule has 0 aromatic heterocycles. The molecule has 0 saturated carbocycles. The highest BCUT2D eigenvalue weighted by Gasteiger charge is 2.26. The van der Waals surface area contributed by atoms with Crippen molar-refractivity contribution in [2.75, 3.05) is 13.1 Å². The fraction of sp³-hybridized carbons (Fsp3) is 0.318. The Morgan fingerprint density at radius 1 is 0.759 bits per heavy atom. The van der Waals surface area contributed by atoms with Crippen LogP contribution in [0.4, 0.5) is 0 Å². The Hall–Kier alpha value is -3.19. The van der Waals surface area contributed by atoms with Gasteiger partial charge in [-0.25, -0.2) is 0 Å². The molecule has 1 unspecified atom stereocenters. The molecule has 1 atom stereocenters. The van der Waals surface area contributed by atoms with Crippen LogP contribution in [0.25, 0.3) is 0 Å². The van der Waals surface area contributed by atoms with Gasteiger partial charge in [0.05, 0.1) is 0 Å². The lowest BCUT2D eigenvalue weighted by Gasteiger charge is -2.16. The maximum absolute atomic E-state index is 12.6. The Morgan fingerprint density at radius 2 is 1.28 bits per heavy atom. The molecule has 3 amide bonds. The summed E-state index contributed by atoms with van der Waals surface area (Å²) in [4.78, 5) is 37.1. The van der Waals surface area contributed by atoms with Crippen molar-refractivity contribution in [1.29, 1.82) is 0 Å². The van der Waals surface area contributed by atoms with Gasteiger partial charge in [0.25, 0.3) is 0 Å². The minimum atomic E-state index is -0.951. The Balaban J connectivity index is 1.87. The van der Waals surface area contributed by atoms with Gasteiger partial charge in [0.1, 0.15) is 5.92 Å². The van der Waals surface area contributed by atoms with Gasteiger partial charge in [-0.2, -0.15) is 0 Å². The Kier molecular flexibility index (Phi) is 9.38. The molecule has 2 aromatic carbocycles. The number of carbonyl (C=O) groups is 3. The van der Waals surface area contributed by atoms with Crippen LogP contribution in [-0.2, 0) is 27.5 Å². The van der Waals surface area contributed by atoms with E-state index in [1.54, 1.807) is 0 Å². The SMILES string of the molecule is NCCNC(=O)C(CCC(=O)NCc1ccccc1)C(=O)NCc1ccccc1. The zero-order chi connectivity index (χ0) is 20.9. The topological polar surface area (TPSA) is 113 Å². The van der Waals surface area contributed by atoms with E-state index in [2.05, 4.69) is 16.0 Å². The number of benzene rings is 2. The number of amides is 3. The summed E-state index contributed by atoms with van der Waals surface area (Å²) >= 11 is 0. The van der Waals surface area contributed by atoms with E-state index >= 15 is 0 Å². The molecule has 0 aliphatic rings. The zero-order valence-electron chi connectivity index (χ0n) is 16.4. The first-order chi connectivity index (χ1) is 14.1. The van der Waals surface area contributed by atoms with Gasteiger partial charge in [-0.1, -0.05) is 60.7 Å². The molecule has 0 radical (unpaired) electrons. The van der Waals surface area contributed by atoms with E-state index in [1.165, 1.54) is 0 Å². The highest BCUT2D eigenvalue weighted by molar-refractivity contribution is 6.00. The monoisotopic (exact) mass is 396 g/mol. The molecule has 2 aromatic rings. The van der Waals surface area contributed by atoms with Crippen LogP contribution < -0.4 is 21.7 Å². The average Bonchev–Trinajstić information content (AvgIpc) is 2.76. The van der Waals surface area contributed by atoms with E-state index in [4.69, 9.17) is 5.73 Å². The molecular formula is C22H28N4O3. The second-order valence-electron chi connectivity index (χ2n) is 6.64. The molecule has 0 aliphatic heterocycles. The number of rotatable bonds is 11. The van der Waals surface area contributed by atoms with Gasteiger partial charge in [0.2, 0.25) is 17.7 Å². The first-order valence-corrected chi connectivity index (χ1v) is 9.70. The molecular weight excluding hydrogens is 368 g/mol. The third kappa shape index (κ3) is 8.15.